The number of aliphatic carboxylic acids is 1. The van der Waals surface area contributed by atoms with E-state index in [-0.39, 0.29) is 37.9 Å². The maximum atomic E-state index is 14.7. The van der Waals surface area contributed by atoms with Gasteiger partial charge in [0.05, 0.1) is 12.0 Å². The molecule has 7 atom stereocenters. The molecule has 0 spiro atoms. The number of nitrogens with zero attached hydrogens (tertiary/aromatic N) is 2. The highest BCUT2D eigenvalue weighted by Crippen LogP contribution is 2.46. The molecule has 2 aromatic carbocycles. The number of carboxylic acids is 1. The van der Waals surface area contributed by atoms with E-state index < -0.39 is 101 Å². The first-order chi connectivity index (χ1) is 28.5. The van der Waals surface area contributed by atoms with Crippen LogP contribution in [0.5, 0.6) is 11.5 Å². The van der Waals surface area contributed by atoms with Crippen LogP contribution in [0.2, 0.25) is 0 Å². The Kier molecular flexibility index (Phi) is 12.9. The molecule has 4 amide bonds. The summed E-state index contributed by atoms with van der Waals surface area (Å²) in [6.45, 7) is 4.64. The lowest BCUT2D eigenvalue weighted by Crippen LogP contribution is -2.59. The number of alkyl halides is 6. The van der Waals surface area contributed by atoms with Gasteiger partial charge in [0.2, 0.25) is 17.7 Å². The van der Waals surface area contributed by atoms with Crippen LogP contribution in [-0.4, -0.2) is 99.9 Å². The van der Waals surface area contributed by atoms with Crippen molar-refractivity contribution in [3.8, 4) is 11.5 Å². The standard InChI is InChI=1S/C41H47F6N5O9/c1-38(2,3)61-37(58)49-30-10-8-6-4-5-7-9-25-20-39(25,36(56)57)50-33(53)31-19-26(22-51(31)34(30)54)52-35(55)32(24-13-17-28(18-14-24)60-41(45,46)47)29(21-48-52)23-11-15-27(16-12-23)59-40(42,43)44/h7,9,11-18,25-26,29-32,48H,4-6,8,10,19-22H2,1-3H3,(H,49,58)(H,50,53)(H,56,57)/t25-,26-,29-,30-,31?,32?,39+/m1/s1. The maximum absolute atomic E-state index is 14.7. The molecule has 1 saturated carbocycles. The van der Waals surface area contributed by atoms with Gasteiger partial charge in [-0.05, 0) is 81.8 Å². The van der Waals surface area contributed by atoms with Crippen molar-refractivity contribution in [3.05, 3.63) is 71.8 Å². The molecule has 14 nitrogen and oxygen atoms in total. The minimum atomic E-state index is -5.00. The van der Waals surface area contributed by atoms with Gasteiger partial charge < -0.3 is 34.9 Å². The number of fused-ring (bicyclic) bond motifs is 2. The molecule has 4 N–H and O–H groups in total. The van der Waals surface area contributed by atoms with Gasteiger partial charge in [0, 0.05) is 31.3 Å². The molecule has 332 valence electrons. The third-order valence-electron chi connectivity index (χ3n) is 11.1. The number of amides is 4. The Bertz CT molecular complexity index is 1990. The molecule has 0 bridgehead atoms. The van der Waals surface area contributed by atoms with Crippen LogP contribution in [0.25, 0.3) is 0 Å². The van der Waals surface area contributed by atoms with E-state index in [2.05, 4.69) is 25.5 Å². The van der Waals surface area contributed by atoms with Crippen LogP contribution in [0.4, 0.5) is 31.1 Å². The lowest BCUT2D eigenvalue weighted by Gasteiger charge is -2.41. The fraction of sp³-hybridized carbons (Fsp3) is 0.537. The molecule has 3 fully saturated rings. The van der Waals surface area contributed by atoms with Gasteiger partial charge >= 0.3 is 24.8 Å². The van der Waals surface area contributed by atoms with Crippen LogP contribution >= 0.6 is 0 Å². The van der Waals surface area contributed by atoms with Crippen molar-refractivity contribution >= 4 is 29.8 Å². The average Bonchev–Trinajstić information content (AvgIpc) is 3.67. The van der Waals surface area contributed by atoms with Crippen molar-refractivity contribution in [2.24, 2.45) is 5.92 Å². The third kappa shape index (κ3) is 11.1. The summed E-state index contributed by atoms with van der Waals surface area (Å²) in [7, 11) is 0. The number of ether oxygens (including phenoxy) is 3. The maximum Gasteiger partial charge on any atom is 0.573 e. The van der Waals surface area contributed by atoms with Gasteiger partial charge in [0.1, 0.15) is 34.7 Å². The monoisotopic (exact) mass is 867 g/mol. The van der Waals surface area contributed by atoms with Crippen LogP contribution in [0.3, 0.4) is 0 Å². The predicted molar refractivity (Wildman–Crippen MR) is 202 cm³/mol. The first-order valence-electron chi connectivity index (χ1n) is 19.8. The van der Waals surface area contributed by atoms with Gasteiger partial charge in [-0.2, -0.15) is 0 Å². The second-order valence-electron chi connectivity index (χ2n) is 16.6. The number of halogens is 6. The first-order valence-corrected chi connectivity index (χ1v) is 19.8. The molecular weight excluding hydrogens is 820 g/mol. The lowest BCUT2D eigenvalue weighted by molar-refractivity contribution is -0.275. The zero-order valence-electron chi connectivity index (χ0n) is 33.5. The molecule has 2 saturated heterocycles. The summed E-state index contributed by atoms with van der Waals surface area (Å²) in [5.74, 6) is -6.91. The molecule has 0 radical (unpaired) electrons. The van der Waals surface area contributed by atoms with E-state index in [1.54, 1.807) is 26.8 Å². The number of hydrazine groups is 1. The van der Waals surface area contributed by atoms with Crippen molar-refractivity contribution < 1.29 is 69.6 Å². The lowest BCUT2D eigenvalue weighted by atomic mass is 9.79. The molecule has 2 unspecified atom stereocenters. The quantitative estimate of drug-likeness (QED) is 0.190. The summed E-state index contributed by atoms with van der Waals surface area (Å²) in [6, 6.07) is 5.91. The van der Waals surface area contributed by atoms with E-state index in [0.717, 1.165) is 24.3 Å². The molecule has 20 heteroatoms. The van der Waals surface area contributed by atoms with Crippen molar-refractivity contribution in [2.45, 2.75) is 120 Å². The van der Waals surface area contributed by atoms with Crippen LogP contribution < -0.4 is 25.5 Å². The zero-order valence-corrected chi connectivity index (χ0v) is 33.5. The number of hydrogen-bond donors (Lipinski definition) is 4. The number of carbonyl (C=O) groups is 5. The second kappa shape index (κ2) is 17.4. The largest absolute Gasteiger partial charge is 0.573 e. The fourth-order valence-electron chi connectivity index (χ4n) is 8.22. The highest BCUT2D eigenvalue weighted by Gasteiger charge is 2.61. The Hall–Kier alpha value is -5.53. The van der Waals surface area contributed by atoms with E-state index in [1.807, 2.05) is 6.08 Å². The Morgan fingerprint density at radius 1 is 0.852 bits per heavy atom. The molecule has 1 aliphatic carbocycles. The minimum absolute atomic E-state index is 0.0447. The van der Waals surface area contributed by atoms with Crippen LogP contribution in [0.1, 0.15) is 88.7 Å². The summed E-state index contributed by atoms with van der Waals surface area (Å²) in [4.78, 5) is 70.3. The Balaban J connectivity index is 1.33. The van der Waals surface area contributed by atoms with Crippen molar-refractivity contribution in [3.63, 3.8) is 0 Å². The van der Waals surface area contributed by atoms with E-state index >= 15 is 0 Å². The summed E-state index contributed by atoms with van der Waals surface area (Å²) < 4.78 is 91.3. The highest BCUT2D eigenvalue weighted by molar-refractivity contribution is 5.96. The number of hydrogen-bond acceptors (Lipinski definition) is 9. The molecule has 3 heterocycles. The number of carboxylic acid groups (broad SMARTS) is 1. The molecular formula is C41H47F6N5O9. The van der Waals surface area contributed by atoms with Gasteiger partial charge in [0.15, 0.2) is 0 Å². The van der Waals surface area contributed by atoms with Crippen LogP contribution in [-0.2, 0) is 23.9 Å². The van der Waals surface area contributed by atoms with Gasteiger partial charge in [-0.15, -0.1) is 26.3 Å². The highest BCUT2D eigenvalue weighted by atomic mass is 19.4. The topological polar surface area (TPSA) is 176 Å². The van der Waals surface area contributed by atoms with Gasteiger partial charge in [0.25, 0.3) is 0 Å². The minimum Gasteiger partial charge on any atom is -0.479 e. The molecule has 61 heavy (non-hydrogen) atoms. The first kappa shape index (κ1) is 45.0. The van der Waals surface area contributed by atoms with E-state index in [9.17, 15) is 55.4 Å². The van der Waals surface area contributed by atoms with E-state index in [4.69, 9.17) is 4.74 Å². The number of allylic oxidation sites excluding steroid dienone is 1. The molecule has 0 aromatic heterocycles. The molecule has 2 aromatic rings. The smallest absolute Gasteiger partial charge is 0.479 e. The molecule has 3 aliphatic heterocycles. The van der Waals surface area contributed by atoms with Crippen molar-refractivity contribution in [1.82, 2.24) is 26.0 Å². The Labute approximate surface area is 346 Å². The van der Waals surface area contributed by atoms with Crippen LogP contribution in [0, 0.1) is 5.92 Å². The second-order valence-corrected chi connectivity index (χ2v) is 16.6. The summed E-state index contributed by atoms with van der Waals surface area (Å²) in [5, 5.41) is 16.8. The van der Waals surface area contributed by atoms with Crippen molar-refractivity contribution in [2.75, 3.05) is 13.1 Å². The Morgan fingerprint density at radius 2 is 1.46 bits per heavy atom. The summed E-state index contributed by atoms with van der Waals surface area (Å²) in [6.07, 6.45) is -4.61. The number of nitrogens with one attached hydrogen (secondary N) is 3. The third-order valence-corrected chi connectivity index (χ3v) is 11.1. The molecule has 4 aliphatic rings. The van der Waals surface area contributed by atoms with Gasteiger partial charge in [-0.1, -0.05) is 49.3 Å². The number of carbonyl (C=O) groups excluding carboxylic acids is 4. The predicted octanol–water partition coefficient (Wildman–Crippen LogP) is 6.04. The average molecular weight is 868 g/mol. The van der Waals surface area contributed by atoms with Crippen LogP contribution in [0.15, 0.2) is 60.7 Å². The van der Waals surface area contributed by atoms with Gasteiger partial charge in [-0.3, -0.25) is 19.4 Å². The molecule has 6 rings (SSSR count). The number of alkyl carbamates (subject to hydrolysis) is 1. The summed E-state index contributed by atoms with van der Waals surface area (Å²) >= 11 is 0. The summed E-state index contributed by atoms with van der Waals surface area (Å²) in [5.41, 5.74) is 1.11. The number of rotatable bonds is 7. The van der Waals surface area contributed by atoms with E-state index in [0.29, 0.717) is 31.2 Å². The SMILES string of the molecule is CC(C)(C)OC(=O)N[C@@H]1CCCCCC=C[C@@H]2C[C@]2(C(=O)O)NC(=O)C2C[C@@H](N3NC[C@H](c4ccc(OC(F)(F)F)cc4)C(c4ccc(OC(F)(F)F)cc4)C3=O)CN2C1=O. The van der Waals surface area contributed by atoms with Crippen molar-refractivity contribution in [1.29, 1.82) is 0 Å². The van der Waals surface area contributed by atoms with E-state index in [1.165, 1.54) is 34.2 Å². The fourth-order valence-corrected chi connectivity index (χ4v) is 8.22. The van der Waals surface area contributed by atoms with Gasteiger partial charge in [-0.25, -0.2) is 15.0 Å². The normalized spacial score (nSPS) is 27.8. The number of benzene rings is 2. The Morgan fingerprint density at radius 3 is 2.03 bits per heavy atom. The zero-order chi connectivity index (χ0) is 44.5.